The SMILES string of the molecule is C[C@H](c1cccc(F)c1)n1cc(C(=O)NCCc2ccco2)nn1. The molecule has 124 valence electrons. The number of aromatic nitrogens is 3. The molecule has 0 aliphatic heterocycles. The van der Waals surface area contributed by atoms with E-state index >= 15 is 0 Å². The minimum atomic E-state index is -0.310. The van der Waals surface area contributed by atoms with Crippen LogP contribution in [0.3, 0.4) is 0 Å². The summed E-state index contributed by atoms with van der Waals surface area (Å²) in [5.74, 6) is 0.188. The number of rotatable bonds is 6. The molecule has 0 unspecified atom stereocenters. The zero-order valence-corrected chi connectivity index (χ0v) is 13.1. The van der Waals surface area contributed by atoms with Crippen LogP contribution in [0.5, 0.6) is 0 Å². The molecule has 3 rings (SSSR count). The maximum absolute atomic E-state index is 13.3. The van der Waals surface area contributed by atoms with E-state index in [2.05, 4.69) is 15.6 Å². The van der Waals surface area contributed by atoms with Crippen molar-refractivity contribution in [1.82, 2.24) is 20.3 Å². The Balaban J connectivity index is 1.61. The van der Waals surface area contributed by atoms with Gasteiger partial charge in [-0.2, -0.15) is 0 Å². The summed E-state index contributed by atoms with van der Waals surface area (Å²) in [6, 6.07) is 9.70. The van der Waals surface area contributed by atoms with Crippen LogP contribution in [0.15, 0.2) is 53.3 Å². The number of halogens is 1. The van der Waals surface area contributed by atoms with E-state index in [9.17, 15) is 9.18 Å². The van der Waals surface area contributed by atoms with Crippen LogP contribution in [-0.4, -0.2) is 27.4 Å². The molecule has 1 atom stereocenters. The van der Waals surface area contributed by atoms with Gasteiger partial charge in [0, 0.05) is 13.0 Å². The Labute approximate surface area is 138 Å². The molecule has 1 amide bonds. The predicted molar refractivity (Wildman–Crippen MR) is 85.0 cm³/mol. The van der Waals surface area contributed by atoms with E-state index in [4.69, 9.17) is 4.42 Å². The molecule has 6 nitrogen and oxygen atoms in total. The molecule has 0 spiro atoms. The van der Waals surface area contributed by atoms with Gasteiger partial charge in [-0.05, 0) is 36.8 Å². The Hall–Kier alpha value is -2.96. The fraction of sp³-hybridized carbons (Fsp3) is 0.235. The first-order valence-electron chi connectivity index (χ1n) is 7.61. The second-order valence-electron chi connectivity index (χ2n) is 5.40. The summed E-state index contributed by atoms with van der Waals surface area (Å²) in [7, 11) is 0. The van der Waals surface area contributed by atoms with Crippen LogP contribution in [0.4, 0.5) is 4.39 Å². The van der Waals surface area contributed by atoms with E-state index in [0.29, 0.717) is 13.0 Å². The Morgan fingerprint density at radius 3 is 3.00 bits per heavy atom. The summed E-state index contributed by atoms with van der Waals surface area (Å²) in [4.78, 5) is 12.1. The highest BCUT2D eigenvalue weighted by atomic mass is 19.1. The molecule has 0 saturated carbocycles. The monoisotopic (exact) mass is 328 g/mol. The third-order valence-corrected chi connectivity index (χ3v) is 3.71. The minimum Gasteiger partial charge on any atom is -0.469 e. The molecule has 2 aromatic heterocycles. The second kappa shape index (κ2) is 7.08. The van der Waals surface area contributed by atoms with Gasteiger partial charge >= 0.3 is 0 Å². The molecule has 7 heteroatoms. The van der Waals surface area contributed by atoms with Crippen LogP contribution >= 0.6 is 0 Å². The number of benzene rings is 1. The van der Waals surface area contributed by atoms with Gasteiger partial charge in [-0.15, -0.1) is 5.10 Å². The minimum absolute atomic E-state index is 0.220. The van der Waals surface area contributed by atoms with Crippen molar-refractivity contribution < 1.29 is 13.6 Å². The van der Waals surface area contributed by atoms with Gasteiger partial charge < -0.3 is 9.73 Å². The molecule has 1 N–H and O–H groups in total. The van der Waals surface area contributed by atoms with Crippen molar-refractivity contribution in [2.45, 2.75) is 19.4 Å². The Bertz CT molecular complexity index is 814. The molecule has 2 heterocycles. The van der Waals surface area contributed by atoms with Crippen molar-refractivity contribution in [2.75, 3.05) is 6.54 Å². The molecule has 0 radical (unpaired) electrons. The molecule has 0 aliphatic carbocycles. The first kappa shape index (κ1) is 15.9. The van der Waals surface area contributed by atoms with Gasteiger partial charge in [0.1, 0.15) is 11.6 Å². The van der Waals surface area contributed by atoms with E-state index in [1.54, 1.807) is 30.7 Å². The van der Waals surface area contributed by atoms with Crippen LogP contribution in [-0.2, 0) is 6.42 Å². The maximum atomic E-state index is 13.3. The Morgan fingerprint density at radius 2 is 2.25 bits per heavy atom. The Morgan fingerprint density at radius 1 is 1.38 bits per heavy atom. The highest BCUT2D eigenvalue weighted by Crippen LogP contribution is 2.17. The van der Waals surface area contributed by atoms with Gasteiger partial charge in [-0.25, -0.2) is 9.07 Å². The summed E-state index contributed by atoms with van der Waals surface area (Å²) in [5, 5.41) is 10.6. The van der Waals surface area contributed by atoms with Crippen LogP contribution in [0.25, 0.3) is 0 Å². The number of carbonyl (C=O) groups excluding carboxylic acids is 1. The lowest BCUT2D eigenvalue weighted by Gasteiger charge is -2.11. The smallest absolute Gasteiger partial charge is 0.273 e. The van der Waals surface area contributed by atoms with Gasteiger partial charge in [0.25, 0.3) is 5.91 Å². The van der Waals surface area contributed by atoms with Crippen molar-refractivity contribution in [3.63, 3.8) is 0 Å². The molecular weight excluding hydrogens is 311 g/mol. The van der Waals surface area contributed by atoms with Crippen LogP contribution in [0, 0.1) is 5.82 Å². The van der Waals surface area contributed by atoms with Crippen molar-refractivity contribution in [1.29, 1.82) is 0 Å². The van der Waals surface area contributed by atoms with Crippen molar-refractivity contribution >= 4 is 5.91 Å². The first-order valence-corrected chi connectivity index (χ1v) is 7.61. The number of carbonyl (C=O) groups is 1. The normalized spacial score (nSPS) is 12.1. The van der Waals surface area contributed by atoms with E-state index < -0.39 is 0 Å². The Kier molecular flexibility index (Phi) is 4.69. The molecule has 0 fully saturated rings. The lowest BCUT2D eigenvalue weighted by atomic mass is 10.1. The quantitative estimate of drug-likeness (QED) is 0.755. The molecule has 0 saturated heterocycles. The van der Waals surface area contributed by atoms with Gasteiger partial charge in [0.05, 0.1) is 18.5 Å². The van der Waals surface area contributed by atoms with Gasteiger partial charge in [-0.1, -0.05) is 17.3 Å². The van der Waals surface area contributed by atoms with Gasteiger partial charge in [0.2, 0.25) is 0 Å². The summed E-state index contributed by atoms with van der Waals surface area (Å²) in [6.45, 7) is 2.31. The molecule has 0 bridgehead atoms. The van der Waals surface area contributed by atoms with Crippen LogP contribution in [0.1, 0.15) is 34.8 Å². The van der Waals surface area contributed by atoms with E-state index in [1.165, 1.54) is 16.8 Å². The molecular formula is C17H17FN4O2. The van der Waals surface area contributed by atoms with Crippen LogP contribution in [0.2, 0.25) is 0 Å². The lowest BCUT2D eigenvalue weighted by Crippen LogP contribution is -2.26. The lowest BCUT2D eigenvalue weighted by molar-refractivity contribution is 0.0948. The topological polar surface area (TPSA) is 73.0 Å². The maximum Gasteiger partial charge on any atom is 0.273 e. The average Bonchev–Trinajstić information content (AvgIpc) is 3.26. The number of nitrogens with zero attached hydrogens (tertiary/aromatic N) is 3. The van der Waals surface area contributed by atoms with Crippen molar-refractivity contribution in [3.8, 4) is 0 Å². The standard InChI is InChI=1S/C17H17FN4O2/c1-12(13-4-2-5-14(18)10-13)22-11-16(20-21-22)17(23)19-8-7-15-6-3-9-24-15/h2-6,9-12H,7-8H2,1H3,(H,19,23)/t12-/m1/s1. The van der Waals surface area contributed by atoms with Gasteiger partial charge in [0.15, 0.2) is 5.69 Å². The summed E-state index contributed by atoms with van der Waals surface area (Å²) < 4.78 is 20.1. The highest BCUT2D eigenvalue weighted by Gasteiger charge is 2.15. The van der Waals surface area contributed by atoms with E-state index in [1.807, 2.05) is 13.0 Å². The first-order chi connectivity index (χ1) is 11.6. The average molecular weight is 328 g/mol. The van der Waals surface area contributed by atoms with Crippen molar-refractivity contribution in [2.24, 2.45) is 0 Å². The molecule has 0 aliphatic rings. The zero-order chi connectivity index (χ0) is 16.9. The molecule has 3 aromatic rings. The number of furan rings is 1. The zero-order valence-electron chi connectivity index (χ0n) is 13.1. The third kappa shape index (κ3) is 3.68. The number of hydrogen-bond donors (Lipinski definition) is 1. The van der Waals surface area contributed by atoms with Crippen molar-refractivity contribution in [3.05, 3.63) is 71.7 Å². The molecule has 24 heavy (non-hydrogen) atoms. The summed E-state index contributed by atoms with van der Waals surface area (Å²) >= 11 is 0. The summed E-state index contributed by atoms with van der Waals surface area (Å²) in [5.41, 5.74) is 0.974. The highest BCUT2D eigenvalue weighted by molar-refractivity contribution is 5.91. The van der Waals surface area contributed by atoms with E-state index in [0.717, 1.165) is 11.3 Å². The van der Waals surface area contributed by atoms with E-state index in [-0.39, 0.29) is 23.5 Å². The van der Waals surface area contributed by atoms with Crippen LogP contribution < -0.4 is 5.32 Å². The third-order valence-electron chi connectivity index (χ3n) is 3.71. The molecule has 1 aromatic carbocycles. The number of amides is 1. The predicted octanol–water partition coefficient (Wildman–Crippen LogP) is 2.59. The summed E-state index contributed by atoms with van der Waals surface area (Å²) in [6.07, 6.45) is 3.75. The number of hydrogen-bond acceptors (Lipinski definition) is 4. The van der Waals surface area contributed by atoms with Gasteiger partial charge in [-0.3, -0.25) is 4.79 Å². The largest absolute Gasteiger partial charge is 0.469 e. The fourth-order valence-electron chi connectivity index (χ4n) is 2.33. The fourth-order valence-corrected chi connectivity index (χ4v) is 2.33. The second-order valence-corrected chi connectivity index (χ2v) is 5.40. The number of nitrogens with one attached hydrogen (secondary N) is 1.